The zero-order valence-electron chi connectivity index (χ0n) is 36.5. The van der Waals surface area contributed by atoms with Crippen molar-refractivity contribution in [3.05, 3.63) is 23.3 Å². The SMILES string of the molecule is C/C(=C\CO)CC/C=C(\C)CC[C@H](O)[C@](C)(O)CCC[C@](C)(O)CCC[C@](C)(O)CCC[C@](C)(O)CCC[C@@](C)(O)CCC[C@@](C)(O)CCCC(C)(C)O. The van der Waals surface area contributed by atoms with Crippen LogP contribution in [0.3, 0.4) is 0 Å². The number of allylic oxidation sites excluding steroid dienone is 3. The van der Waals surface area contributed by atoms with Crippen molar-refractivity contribution in [3.8, 4) is 0 Å². The summed E-state index contributed by atoms with van der Waals surface area (Å²) in [5, 5.41) is 95.2. The lowest BCUT2D eigenvalue weighted by molar-refractivity contribution is -0.0746. The number of rotatable bonds is 32. The summed E-state index contributed by atoms with van der Waals surface area (Å²) >= 11 is 0. The summed E-state index contributed by atoms with van der Waals surface area (Å²) in [6, 6.07) is 0. The summed E-state index contributed by atoms with van der Waals surface area (Å²) in [5.74, 6) is 0. The quantitative estimate of drug-likeness (QED) is 0.0305. The molecule has 0 bridgehead atoms. The predicted octanol–water partition coefficient (Wildman–Crippen LogP) is 8.09. The van der Waals surface area contributed by atoms with Gasteiger partial charge in [0.25, 0.3) is 0 Å². The normalized spacial score (nSPS) is 20.6. The Labute approximate surface area is 331 Å². The molecule has 322 valence electrons. The molecule has 0 saturated carbocycles. The third kappa shape index (κ3) is 28.5. The second kappa shape index (κ2) is 24.1. The van der Waals surface area contributed by atoms with Gasteiger partial charge in [-0.05, 0) is 210 Å². The van der Waals surface area contributed by atoms with Gasteiger partial charge in [0.1, 0.15) is 0 Å². The molecule has 9 N–H and O–H groups in total. The van der Waals surface area contributed by atoms with Crippen LogP contribution in [0.5, 0.6) is 0 Å². The van der Waals surface area contributed by atoms with Gasteiger partial charge in [-0.1, -0.05) is 23.3 Å². The zero-order valence-corrected chi connectivity index (χ0v) is 36.5. The highest BCUT2D eigenvalue weighted by molar-refractivity contribution is 5.04. The number of hydrogen-bond donors (Lipinski definition) is 9. The molecule has 0 spiro atoms. The molecule has 0 aromatic carbocycles. The van der Waals surface area contributed by atoms with Gasteiger partial charge in [0.15, 0.2) is 0 Å². The Bertz CT molecular complexity index is 1060. The molecule has 0 aromatic heterocycles. The minimum Gasteiger partial charge on any atom is -0.392 e. The Morgan fingerprint density at radius 1 is 0.444 bits per heavy atom. The molecule has 0 amide bonds. The fourth-order valence-corrected chi connectivity index (χ4v) is 7.50. The molecule has 54 heavy (non-hydrogen) atoms. The van der Waals surface area contributed by atoms with Crippen molar-refractivity contribution >= 4 is 0 Å². The zero-order chi connectivity index (χ0) is 41.9. The lowest BCUT2D eigenvalue weighted by atomic mass is 9.83. The first kappa shape index (κ1) is 53.1. The molecule has 9 heteroatoms. The first-order valence-electron chi connectivity index (χ1n) is 21.2. The minimum absolute atomic E-state index is 0.0538. The molecule has 0 rings (SSSR count). The Morgan fingerprint density at radius 3 is 1.06 bits per heavy atom. The maximum absolute atomic E-state index is 11.0. The van der Waals surface area contributed by atoms with Gasteiger partial charge < -0.3 is 46.0 Å². The van der Waals surface area contributed by atoms with E-state index in [0.717, 1.165) is 24.8 Å². The van der Waals surface area contributed by atoms with E-state index in [0.29, 0.717) is 122 Å². The van der Waals surface area contributed by atoms with E-state index in [1.54, 1.807) is 27.7 Å². The summed E-state index contributed by atoms with van der Waals surface area (Å²) in [7, 11) is 0. The van der Waals surface area contributed by atoms with Crippen LogP contribution in [0.2, 0.25) is 0 Å². The van der Waals surface area contributed by atoms with Crippen LogP contribution in [-0.4, -0.2) is 97.9 Å². The van der Waals surface area contributed by atoms with Crippen LogP contribution in [0.1, 0.15) is 210 Å². The fraction of sp³-hybridized carbons (Fsp3) is 0.911. The van der Waals surface area contributed by atoms with E-state index in [-0.39, 0.29) is 6.61 Å². The van der Waals surface area contributed by atoms with Gasteiger partial charge in [0.05, 0.1) is 51.9 Å². The van der Waals surface area contributed by atoms with Crippen molar-refractivity contribution in [3.63, 3.8) is 0 Å². The van der Waals surface area contributed by atoms with Gasteiger partial charge >= 0.3 is 0 Å². The molecule has 0 unspecified atom stereocenters. The van der Waals surface area contributed by atoms with Crippen LogP contribution < -0.4 is 0 Å². The Hall–Kier alpha value is -0.880. The topological polar surface area (TPSA) is 182 Å². The Balaban J connectivity index is 4.45. The Kier molecular flexibility index (Phi) is 23.7. The maximum Gasteiger partial charge on any atom is 0.0877 e. The molecule has 0 aliphatic rings. The van der Waals surface area contributed by atoms with E-state index in [9.17, 15) is 40.9 Å². The molecule has 9 nitrogen and oxygen atoms in total. The van der Waals surface area contributed by atoms with Crippen molar-refractivity contribution in [2.24, 2.45) is 0 Å². The molecule has 0 aromatic rings. The van der Waals surface area contributed by atoms with E-state index in [2.05, 4.69) is 6.08 Å². The van der Waals surface area contributed by atoms with Crippen molar-refractivity contribution < 1.29 is 46.0 Å². The van der Waals surface area contributed by atoms with Crippen molar-refractivity contribution in [1.82, 2.24) is 0 Å². The largest absolute Gasteiger partial charge is 0.392 e. The molecule has 7 atom stereocenters. The summed E-state index contributed by atoms with van der Waals surface area (Å²) in [5.41, 5.74) is -4.13. The monoisotopic (exact) mass is 773 g/mol. The summed E-state index contributed by atoms with van der Waals surface area (Å²) < 4.78 is 0. The fourth-order valence-electron chi connectivity index (χ4n) is 7.50. The molecule has 0 saturated heterocycles. The van der Waals surface area contributed by atoms with Gasteiger partial charge in [-0.15, -0.1) is 0 Å². The van der Waals surface area contributed by atoms with Crippen LogP contribution >= 0.6 is 0 Å². The number of aliphatic hydroxyl groups excluding tert-OH is 2. The maximum atomic E-state index is 11.0. The molecule has 0 aliphatic carbocycles. The van der Waals surface area contributed by atoms with Gasteiger partial charge in [0, 0.05) is 0 Å². The lowest BCUT2D eigenvalue weighted by Crippen LogP contribution is -2.39. The van der Waals surface area contributed by atoms with Crippen LogP contribution in [0, 0.1) is 0 Å². The average molecular weight is 773 g/mol. The van der Waals surface area contributed by atoms with E-state index < -0.39 is 45.3 Å². The second-order valence-electron chi connectivity index (χ2n) is 19.7. The third-order valence-electron chi connectivity index (χ3n) is 11.6. The van der Waals surface area contributed by atoms with Crippen LogP contribution in [0.15, 0.2) is 23.3 Å². The Morgan fingerprint density at radius 2 is 0.741 bits per heavy atom. The first-order chi connectivity index (χ1) is 24.5. The predicted molar refractivity (Wildman–Crippen MR) is 222 cm³/mol. The van der Waals surface area contributed by atoms with Crippen LogP contribution in [-0.2, 0) is 0 Å². The molecular formula is C45H88O9. The standard InChI is InChI=1S/C45H88O9/c1-36(18-11-19-37(2)22-35-46)20-21-38(47)45(10,54)34-17-33-44(9,53)32-16-31-43(8,52)30-15-29-42(7,51)28-14-27-41(6,50)26-13-25-40(5,49)24-12-23-39(3,4)48/h18,22,38,46-54H,11-17,19-21,23-35H2,1-10H3/b36-18+,37-22+/t38-,40-,41-,42+,43+,44+,45+/m0/s1. The minimum atomic E-state index is -1.25. The van der Waals surface area contributed by atoms with Crippen molar-refractivity contribution in [2.75, 3.05) is 6.61 Å². The summed E-state index contributed by atoms with van der Waals surface area (Å²) in [6.45, 7) is 18.3. The van der Waals surface area contributed by atoms with E-state index in [4.69, 9.17) is 5.11 Å². The first-order valence-corrected chi connectivity index (χ1v) is 21.2. The van der Waals surface area contributed by atoms with Gasteiger partial charge in [-0.2, -0.15) is 0 Å². The van der Waals surface area contributed by atoms with Crippen molar-refractivity contribution in [1.29, 1.82) is 0 Å². The van der Waals surface area contributed by atoms with Gasteiger partial charge in [-0.3, -0.25) is 0 Å². The average Bonchev–Trinajstić information content (AvgIpc) is 2.98. The molecule has 0 aliphatic heterocycles. The molecule has 0 fully saturated rings. The molecule has 0 radical (unpaired) electrons. The smallest absolute Gasteiger partial charge is 0.0877 e. The lowest BCUT2D eigenvalue weighted by Gasteiger charge is -2.32. The van der Waals surface area contributed by atoms with E-state index >= 15 is 0 Å². The highest BCUT2D eigenvalue weighted by Crippen LogP contribution is 2.32. The molecular weight excluding hydrogens is 684 g/mol. The third-order valence-corrected chi connectivity index (χ3v) is 11.6. The second-order valence-corrected chi connectivity index (χ2v) is 19.7. The number of hydrogen-bond acceptors (Lipinski definition) is 9. The van der Waals surface area contributed by atoms with E-state index in [1.807, 2.05) is 47.6 Å². The highest BCUT2D eigenvalue weighted by atomic mass is 16.3. The summed E-state index contributed by atoms with van der Waals surface area (Å²) in [4.78, 5) is 0. The van der Waals surface area contributed by atoms with E-state index in [1.165, 1.54) is 5.57 Å². The van der Waals surface area contributed by atoms with Gasteiger partial charge in [-0.25, -0.2) is 0 Å². The molecule has 0 heterocycles. The summed E-state index contributed by atoms with van der Waals surface area (Å²) in [6.07, 6.45) is 16.5. The number of aliphatic hydroxyl groups is 9. The van der Waals surface area contributed by atoms with Crippen LogP contribution in [0.25, 0.3) is 0 Å². The van der Waals surface area contributed by atoms with Gasteiger partial charge in [0.2, 0.25) is 0 Å². The highest BCUT2D eigenvalue weighted by Gasteiger charge is 2.32. The van der Waals surface area contributed by atoms with Crippen molar-refractivity contribution in [2.45, 2.75) is 256 Å². The van der Waals surface area contributed by atoms with Crippen LogP contribution in [0.4, 0.5) is 0 Å².